The van der Waals surface area contributed by atoms with Crippen molar-refractivity contribution in [3.05, 3.63) is 29.6 Å². The number of hydrogen-bond donors (Lipinski definition) is 2. The van der Waals surface area contributed by atoms with Gasteiger partial charge < -0.3 is 10.6 Å². The third-order valence-electron chi connectivity index (χ3n) is 4.04. The van der Waals surface area contributed by atoms with Gasteiger partial charge in [-0.25, -0.2) is 0 Å². The van der Waals surface area contributed by atoms with Gasteiger partial charge in [-0.1, -0.05) is 13.3 Å². The maximum Gasteiger partial charge on any atom is 0.227 e. The largest absolute Gasteiger partial charge is 0.351 e. The molecule has 0 saturated carbocycles. The Kier molecular flexibility index (Phi) is 4.53. The van der Waals surface area contributed by atoms with Crippen LogP contribution >= 0.6 is 0 Å². The van der Waals surface area contributed by atoms with E-state index < -0.39 is 0 Å². The fourth-order valence-electron chi connectivity index (χ4n) is 2.79. The number of pyridine rings is 1. The van der Waals surface area contributed by atoms with E-state index in [0.29, 0.717) is 6.54 Å². The van der Waals surface area contributed by atoms with Gasteiger partial charge in [0.05, 0.1) is 5.41 Å². The first-order valence-corrected chi connectivity index (χ1v) is 7.06. The maximum atomic E-state index is 12.5. The minimum atomic E-state index is -0.204. The van der Waals surface area contributed by atoms with Crippen LogP contribution in [0.2, 0.25) is 0 Å². The van der Waals surface area contributed by atoms with Crippen LogP contribution in [0, 0.1) is 12.3 Å². The Morgan fingerprint density at radius 2 is 2.42 bits per heavy atom. The molecule has 1 saturated heterocycles. The second kappa shape index (κ2) is 6.15. The lowest BCUT2D eigenvalue weighted by Crippen LogP contribution is -2.42. The molecule has 1 atom stereocenters. The average molecular weight is 261 g/mol. The topological polar surface area (TPSA) is 54.0 Å². The van der Waals surface area contributed by atoms with Gasteiger partial charge in [0.15, 0.2) is 0 Å². The van der Waals surface area contributed by atoms with Crippen molar-refractivity contribution in [2.24, 2.45) is 5.41 Å². The molecular formula is C15H23N3O. The van der Waals surface area contributed by atoms with Gasteiger partial charge in [-0.3, -0.25) is 9.78 Å². The van der Waals surface area contributed by atoms with Gasteiger partial charge in [-0.05, 0) is 43.5 Å². The summed E-state index contributed by atoms with van der Waals surface area (Å²) in [6.07, 6.45) is 6.55. The molecule has 0 radical (unpaired) electrons. The third kappa shape index (κ3) is 3.13. The van der Waals surface area contributed by atoms with Crippen LogP contribution in [0.25, 0.3) is 0 Å². The standard InChI is InChI=1S/C15H23N3O/c1-3-5-15(6-8-17-11-15)14(19)18-10-13-9-16-7-4-12(13)2/h4,7,9,17H,3,5-6,8,10-11H2,1-2H3,(H,18,19). The first-order valence-electron chi connectivity index (χ1n) is 7.06. The van der Waals surface area contributed by atoms with E-state index in [-0.39, 0.29) is 11.3 Å². The van der Waals surface area contributed by atoms with Crippen LogP contribution in [0.15, 0.2) is 18.5 Å². The van der Waals surface area contributed by atoms with E-state index in [2.05, 4.69) is 22.5 Å². The van der Waals surface area contributed by atoms with Crippen molar-refractivity contribution in [1.29, 1.82) is 0 Å². The van der Waals surface area contributed by atoms with E-state index in [1.54, 1.807) is 6.20 Å². The van der Waals surface area contributed by atoms with Crippen LogP contribution in [-0.2, 0) is 11.3 Å². The summed E-state index contributed by atoms with van der Waals surface area (Å²) < 4.78 is 0. The SMILES string of the molecule is CCCC1(C(=O)NCc2cnccc2C)CCNC1. The highest BCUT2D eigenvalue weighted by Gasteiger charge is 2.39. The van der Waals surface area contributed by atoms with Crippen molar-refractivity contribution >= 4 is 5.91 Å². The Morgan fingerprint density at radius 1 is 1.58 bits per heavy atom. The molecule has 1 fully saturated rings. The molecule has 1 aliphatic rings. The summed E-state index contributed by atoms with van der Waals surface area (Å²) in [6.45, 7) is 6.50. The van der Waals surface area contributed by atoms with Crippen molar-refractivity contribution in [3.8, 4) is 0 Å². The Morgan fingerprint density at radius 3 is 3.05 bits per heavy atom. The summed E-state index contributed by atoms with van der Waals surface area (Å²) in [5, 5.41) is 6.40. The van der Waals surface area contributed by atoms with E-state index >= 15 is 0 Å². The number of nitrogens with zero attached hydrogens (tertiary/aromatic N) is 1. The number of carbonyl (C=O) groups is 1. The Labute approximate surface area is 115 Å². The third-order valence-corrected chi connectivity index (χ3v) is 4.04. The summed E-state index contributed by atoms with van der Waals surface area (Å²) in [5.41, 5.74) is 2.06. The molecule has 0 aliphatic carbocycles. The second-order valence-electron chi connectivity index (χ2n) is 5.44. The van der Waals surface area contributed by atoms with E-state index in [4.69, 9.17) is 0 Å². The normalized spacial score (nSPS) is 22.4. The number of hydrogen-bond acceptors (Lipinski definition) is 3. The zero-order valence-electron chi connectivity index (χ0n) is 11.8. The van der Waals surface area contributed by atoms with Gasteiger partial charge >= 0.3 is 0 Å². The van der Waals surface area contributed by atoms with Crippen LogP contribution < -0.4 is 10.6 Å². The minimum Gasteiger partial charge on any atom is -0.351 e. The minimum absolute atomic E-state index is 0.183. The second-order valence-corrected chi connectivity index (χ2v) is 5.44. The molecule has 2 heterocycles. The molecule has 0 spiro atoms. The van der Waals surface area contributed by atoms with Gasteiger partial charge in [0, 0.05) is 25.5 Å². The number of carbonyl (C=O) groups excluding carboxylic acids is 1. The zero-order valence-corrected chi connectivity index (χ0v) is 11.8. The molecule has 4 heteroatoms. The summed E-state index contributed by atoms with van der Waals surface area (Å²) in [6, 6.07) is 1.97. The Balaban J connectivity index is 1.98. The van der Waals surface area contributed by atoms with Gasteiger partial charge in [-0.15, -0.1) is 0 Å². The molecule has 2 N–H and O–H groups in total. The van der Waals surface area contributed by atoms with Gasteiger partial charge in [0.1, 0.15) is 0 Å². The fraction of sp³-hybridized carbons (Fsp3) is 0.600. The predicted octanol–water partition coefficient (Wildman–Crippen LogP) is 1.79. The van der Waals surface area contributed by atoms with E-state index in [0.717, 1.165) is 37.9 Å². The Bertz CT molecular complexity index is 439. The number of aryl methyl sites for hydroxylation is 1. The van der Waals surface area contributed by atoms with E-state index in [9.17, 15) is 4.79 Å². The van der Waals surface area contributed by atoms with Crippen molar-refractivity contribution in [3.63, 3.8) is 0 Å². The average Bonchev–Trinajstić information content (AvgIpc) is 2.88. The molecular weight excluding hydrogens is 238 g/mol. The molecule has 104 valence electrons. The van der Waals surface area contributed by atoms with Crippen molar-refractivity contribution in [2.75, 3.05) is 13.1 Å². The van der Waals surface area contributed by atoms with Crippen LogP contribution in [0.3, 0.4) is 0 Å². The van der Waals surface area contributed by atoms with Crippen molar-refractivity contribution in [2.45, 2.75) is 39.7 Å². The number of rotatable bonds is 5. The first kappa shape index (κ1) is 14.0. The molecule has 1 amide bonds. The van der Waals surface area contributed by atoms with Gasteiger partial charge in [0.25, 0.3) is 0 Å². The van der Waals surface area contributed by atoms with Gasteiger partial charge in [-0.2, -0.15) is 0 Å². The first-order chi connectivity index (χ1) is 9.18. The molecule has 4 nitrogen and oxygen atoms in total. The van der Waals surface area contributed by atoms with E-state index in [1.807, 2.05) is 19.2 Å². The molecule has 1 aliphatic heterocycles. The van der Waals surface area contributed by atoms with Crippen molar-refractivity contribution in [1.82, 2.24) is 15.6 Å². The number of nitrogens with one attached hydrogen (secondary N) is 2. The smallest absolute Gasteiger partial charge is 0.227 e. The lowest BCUT2D eigenvalue weighted by molar-refractivity contribution is -0.130. The molecule has 19 heavy (non-hydrogen) atoms. The fourth-order valence-corrected chi connectivity index (χ4v) is 2.79. The Hall–Kier alpha value is -1.42. The van der Waals surface area contributed by atoms with Gasteiger partial charge in [0.2, 0.25) is 5.91 Å². The maximum absolute atomic E-state index is 12.5. The van der Waals surface area contributed by atoms with Crippen LogP contribution in [0.1, 0.15) is 37.3 Å². The molecule has 0 bridgehead atoms. The lowest BCUT2D eigenvalue weighted by atomic mass is 9.81. The highest BCUT2D eigenvalue weighted by Crippen LogP contribution is 2.31. The predicted molar refractivity (Wildman–Crippen MR) is 75.6 cm³/mol. The van der Waals surface area contributed by atoms with Crippen LogP contribution in [-0.4, -0.2) is 24.0 Å². The highest BCUT2D eigenvalue weighted by atomic mass is 16.2. The zero-order chi connectivity index (χ0) is 13.7. The number of aromatic nitrogens is 1. The molecule has 1 aromatic heterocycles. The summed E-state index contributed by atoms with van der Waals surface area (Å²) in [5.74, 6) is 0.183. The monoisotopic (exact) mass is 261 g/mol. The van der Waals surface area contributed by atoms with Crippen LogP contribution in [0.4, 0.5) is 0 Å². The molecule has 1 aromatic rings. The number of amides is 1. The van der Waals surface area contributed by atoms with Crippen molar-refractivity contribution < 1.29 is 4.79 Å². The summed E-state index contributed by atoms with van der Waals surface area (Å²) in [4.78, 5) is 16.6. The summed E-state index contributed by atoms with van der Waals surface area (Å²) in [7, 11) is 0. The quantitative estimate of drug-likeness (QED) is 0.849. The molecule has 2 rings (SSSR count). The van der Waals surface area contributed by atoms with E-state index in [1.165, 1.54) is 5.56 Å². The summed E-state index contributed by atoms with van der Waals surface area (Å²) >= 11 is 0. The highest BCUT2D eigenvalue weighted by molar-refractivity contribution is 5.83. The lowest BCUT2D eigenvalue weighted by Gasteiger charge is -2.26. The molecule has 1 unspecified atom stereocenters. The van der Waals surface area contributed by atoms with Crippen LogP contribution in [0.5, 0.6) is 0 Å². The molecule has 0 aromatic carbocycles.